The summed E-state index contributed by atoms with van der Waals surface area (Å²) in [6.45, 7) is -2.31. The van der Waals surface area contributed by atoms with E-state index in [9.17, 15) is 0 Å². The Hall–Kier alpha value is -1.39. The first-order valence-corrected chi connectivity index (χ1v) is 9.98. The van der Waals surface area contributed by atoms with E-state index in [2.05, 4.69) is 4.98 Å². The Morgan fingerprint density at radius 1 is 1.30 bits per heavy atom. The van der Waals surface area contributed by atoms with Crippen LogP contribution in [0.2, 0.25) is 0 Å². The first kappa shape index (κ1) is 10.4. The molecule has 3 heterocycles. The summed E-state index contributed by atoms with van der Waals surface area (Å²) >= 11 is 1.14. The number of aromatic nitrogens is 1. The molecule has 2 aromatic heterocycles. The zero-order valence-corrected chi connectivity index (χ0v) is 16.2. The fourth-order valence-corrected chi connectivity index (χ4v) is 4.61. The molecule has 1 aliphatic heterocycles. The van der Waals surface area contributed by atoms with Crippen LogP contribution in [0, 0.1) is 0 Å². The van der Waals surface area contributed by atoms with E-state index in [-0.39, 0.29) is 37.0 Å². The van der Waals surface area contributed by atoms with Gasteiger partial charge in [-0.05, 0) is 68.5 Å². The van der Waals surface area contributed by atoms with Gasteiger partial charge in [0.05, 0.1) is 15.5 Å². The molecule has 1 spiro atoms. The molecule has 1 atom stereocenters. The molecule has 146 valence electrons. The maximum atomic E-state index is 8.92. The third-order valence-corrected chi connectivity index (χ3v) is 6.05. The van der Waals surface area contributed by atoms with Gasteiger partial charge in [0.2, 0.25) is 0 Å². The average Bonchev–Trinajstić information content (AvgIpc) is 3.26. The van der Waals surface area contributed by atoms with Crippen LogP contribution in [0.5, 0.6) is 5.75 Å². The molecule has 0 bridgehead atoms. The summed E-state index contributed by atoms with van der Waals surface area (Å²) in [6.07, 6.45) is -9.12. The second-order valence-electron chi connectivity index (χ2n) is 7.08. The van der Waals surface area contributed by atoms with Crippen LogP contribution >= 0.6 is 11.3 Å². The largest absolute Gasteiger partial charge is 0.496 e. The number of hydrogen-bond donors (Lipinski definition) is 0. The van der Waals surface area contributed by atoms with E-state index in [0.29, 0.717) is 11.4 Å². The molecule has 27 heavy (non-hydrogen) atoms. The lowest BCUT2D eigenvalue weighted by Crippen LogP contribution is -2.46. The standard InChI is InChI=1S/C23H31NO2S/c1-25-19-10-17-27-20(19)8-2-4-11-22(21-9-3-7-15-24-21)14-16-26-23(18-22)12-5-6-13-23/h3,7,9-10,15,17H,2,4-6,8,11-14,16,18H2,1H3/t22-/m1/s1/i4D2,5D2,6D2,8D2,16D2. The van der Waals surface area contributed by atoms with E-state index >= 15 is 0 Å². The predicted octanol–water partition coefficient (Wildman–Crippen LogP) is 5.93. The van der Waals surface area contributed by atoms with Gasteiger partial charge in [-0.25, -0.2) is 0 Å². The SMILES string of the molecule is [2H]C([2H])(CC([2H])([2H])c1sccc1OC)C[C@@]1(c2ccccn2)CC([2H])([2H])OC2(CC([2H])([2H])C([2H])([2H])C2)C1. The van der Waals surface area contributed by atoms with Crippen molar-refractivity contribution < 1.29 is 23.2 Å². The molecule has 1 aliphatic carbocycles. The minimum Gasteiger partial charge on any atom is -0.496 e. The lowest BCUT2D eigenvalue weighted by atomic mass is 9.67. The summed E-state index contributed by atoms with van der Waals surface area (Å²) in [4.78, 5) is 4.70. The molecule has 2 aromatic rings. The van der Waals surface area contributed by atoms with Crippen molar-refractivity contribution in [3.05, 3.63) is 46.4 Å². The Kier molecular flexibility index (Phi) is 3.21. The van der Waals surface area contributed by atoms with Crippen LogP contribution in [-0.2, 0) is 16.5 Å². The maximum Gasteiger partial charge on any atom is 0.132 e. The summed E-state index contributed by atoms with van der Waals surface area (Å²) in [6, 6.07) is 6.69. The van der Waals surface area contributed by atoms with Crippen LogP contribution < -0.4 is 4.74 Å². The van der Waals surface area contributed by atoms with E-state index in [4.69, 9.17) is 23.2 Å². The molecule has 3 nitrogen and oxygen atoms in total. The highest BCUT2D eigenvalue weighted by atomic mass is 32.1. The van der Waals surface area contributed by atoms with Gasteiger partial charge in [-0.3, -0.25) is 4.98 Å². The van der Waals surface area contributed by atoms with Gasteiger partial charge < -0.3 is 9.47 Å². The Morgan fingerprint density at radius 3 is 2.96 bits per heavy atom. The zero-order valence-electron chi connectivity index (χ0n) is 25.4. The first-order chi connectivity index (χ1) is 16.9. The van der Waals surface area contributed by atoms with E-state index in [1.165, 1.54) is 13.3 Å². The highest BCUT2D eigenvalue weighted by Crippen LogP contribution is 2.50. The molecule has 1 saturated carbocycles. The summed E-state index contributed by atoms with van der Waals surface area (Å²) in [5, 5.41) is 1.68. The predicted molar refractivity (Wildman–Crippen MR) is 111 cm³/mol. The summed E-state index contributed by atoms with van der Waals surface area (Å²) in [5.74, 6) is 0.335. The number of ether oxygens (including phenoxy) is 2. The number of rotatable bonds is 7. The lowest BCUT2D eigenvalue weighted by molar-refractivity contribution is -0.104. The Balaban J connectivity index is 1.75. The van der Waals surface area contributed by atoms with Crippen molar-refractivity contribution in [2.45, 2.75) is 75.0 Å². The molecular weight excluding hydrogens is 354 g/mol. The minimum atomic E-state index is -2.31. The van der Waals surface area contributed by atoms with Crippen LogP contribution in [0.1, 0.15) is 81.9 Å². The highest BCUT2D eigenvalue weighted by Gasteiger charge is 2.48. The van der Waals surface area contributed by atoms with Crippen LogP contribution in [0.25, 0.3) is 0 Å². The van der Waals surface area contributed by atoms with Crippen molar-refractivity contribution in [2.24, 2.45) is 0 Å². The summed E-state index contributed by atoms with van der Waals surface area (Å²) < 4.78 is 96.5. The molecule has 0 unspecified atom stereocenters. The van der Waals surface area contributed by atoms with Crippen molar-refractivity contribution in [3.8, 4) is 5.75 Å². The molecule has 2 aliphatic rings. The minimum absolute atomic E-state index is 0.0413. The van der Waals surface area contributed by atoms with Gasteiger partial charge in [0, 0.05) is 39.7 Å². The fourth-order valence-electron chi connectivity index (χ4n) is 3.85. The van der Waals surface area contributed by atoms with Crippen LogP contribution in [-0.4, -0.2) is 24.3 Å². The molecule has 0 radical (unpaired) electrons. The van der Waals surface area contributed by atoms with Crippen molar-refractivity contribution in [2.75, 3.05) is 13.7 Å². The summed E-state index contributed by atoms with van der Waals surface area (Å²) in [5.41, 5.74) is -2.41. The number of nitrogens with zero attached hydrogens (tertiary/aromatic N) is 1. The van der Waals surface area contributed by atoms with Gasteiger partial charge in [0.25, 0.3) is 0 Å². The first-order valence-electron chi connectivity index (χ1n) is 14.1. The molecule has 0 amide bonds. The number of aryl methyl sites for hydroxylation is 1. The van der Waals surface area contributed by atoms with Gasteiger partial charge in [0.1, 0.15) is 5.75 Å². The van der Waals surface area contributed by atoms with Crippen molar-refractivity contribution >= 4 is 11.3 Å². The van der Waals surface area contributed by atoms with Gasteiger partial charge >= 0.3 is 0 Å². The van der Waals surface area contributed by atoms with Crippen LogP contribution in [0.4, 0.5) is 0 Å². The van der Waals surface area contributed by atoms with Crippen molar-refractivity contribution in [3.63, 3.8) is 0 Å². The monoisotopic (exact) mass is 395 g/mol. The Bertz CT molecular complexity index is 1110. The van der Waals surface area contributed by atoms with E-state index in [1.807, 2.05) is 0 Å². The Labute approximate surface area is 181 Å². The second-order valence-corrected chi connectivity index (χ2v) is 8.00. The molecule has 4 heteroatoms. The third-order valence-electron chi connectivity index (χ3n) is 5.20. The average molecular weight is 396 g/mol. The smallest absolute Gasteiger partial charge is 0.132 e. The molecule has 2 fully saturated rings. The second kappa shape index (κ2) is 8.32. The van der Waals surface area contributed by atoms with E-state index in [0.717, 1.165) is 11.3 Å². The van der Waals surface area contributed by atoms with Crippen molar-refractivity contribution in [1.29, 1.82) is 0 Å². The Morgan fingerprint density at radius 2 is 2.19 bits per heavy atom. The van der Waals surface area contributed by atoms with E-state index < -0.39 is 49.5 Å². The zero-order chi connectivity index (χ0) is 27.5. The molecule has 4 rings (SSSR count). The molecular formula is C23H31NO2S. The number of hydrogen-bond acceptors (Lipinski definition) is 4. The maximum absolute atomic E-state index is 8.92. The van der Waals surface area contributed by atoms with Gasteiger partial charge in [-0.15, -0.1) is 11.3 Å². The van der Waals surface area contributed by atoms with Crippen LogP contribution in [0.15, 0.2) is 35.8 Å². The third kappa shape index (κ3) is 4.07. The van der Waals surface area contributed by atoms with Gasteiger partial charge in [0.15, 0.2) is 0 Å². The normalized spacial score (nSPS) is 36.5. The van der Waals surface area contributed by atoms with Crippen LogP contribution in [0.3, 0.4) is 0 Å². The summed E-state index contributed by atoms with van der Waals surface area (Å²) in [7, 11) is 1.43. The molecule has 1 saturated heterocycles. The number of thiophene rings is 1. The van der Waals surface area contributed by atoms with Crippen molar-refractivity contribution in [1.82, 2.24) is 4.98 Å². The topological polar surface area (TPSA) is 31.4 Å². The quantitative estimate of drug-likeness (QED) is 0.582. The molecule has 0 aromatic carbocycles. The lowest BCUT2D eigenvalue weighted by Gasteiger charge is -2.46. The highest BCUT2D eigenvalue weighted by molar-refractivity contribution is 7.10. The van der Waals surface area contributed by atoms with Gasteiger partial charge in [-0.2, -0.15) is 0 Å². The van der Waals surface area contributed by atoms with Gasteiger partial charge in [-0.1, -0.05) is 25.2 Å². The number of methoxy groups -OCH3 is 1. The molecule has 0 N–H and O–H groups in total. The fraction of sp³-hybridized carbons (Fsp3) is 0.609. The van der Waals surface area contributed by atoms with E-state index in [1.54, 1.807) is 29.6 Å². The number of pyridine rings is 1.